The molecule has 3 heteroatoms. The summed E-state index contributed by atoms with van der Waals surface area (Å²) in [6.45, 7) is 9.23. The maximum absolute atomic E-state index is 5.31. The summed E-state index contributed by atoms with van der Waals surface area (Å²) in [6.07, 6.45) is 8.17. The van der Waals surface area contributed by atoms with E-state index in [0.717, 1.165) is 19.2 Å². The van der Waals surface area contributed by atoms with Gasteiger partial charge in [-0.15, -0.1) is 0 Å². The highest BCUT2D eigenvalue weighted by Crippen LogP contribution is 2.37. The first kappa shape index (κ1) is 15.3. The van der Waals surface area contributed by atoms with Crippen LogP contribution in [0.25, 0.3) is 0 Å². The van der Waals surface area contributed by atoms with Crippen molar-refractivity contribution in [2.75, 3.05) is 33.4 Å². The van der Waals surface area contributed by atoms with Crippen molar-refractivity contribution in [2.24, 2.45) is 5.41 Å². The third-order valence-electron chi connectivity index (χ3n) is 5.02. The highest BCUT2D eigenvalue weighted by Gasteiger charge is 2.31. The minimum Gasteiger partial charge on any atom is -0.383 e. The third-order valence-corrected chi connectivity index (χ3v) is 5.02. The lowest BCUT2D eigenvalue weighted by atomic mass is 9.75. The van der Waals surface area contributed by atoms with Gasteiger partial charge in [-0.2, -0.15) is 0 Å². The number of methoxy groups -OCH3 is 1. The van der Waals surface area contributed by atoms with E-state index in [1.807, 2.05) is 7.11 Å². The van der Waals surface area contributed by atoms with Crippen molar-refractivity contribution in [1.82, 2.24) is 10.2 Å². The summed E-state index contributed by atoms with van der Waals surface area (Å²) >= 11 is 0. The molecule has 2 rings (SSSR count). The van der Waals surface area contributed by atoms with E-state index in [0.29, 0.717) is 11.5 Å². The predicted octanol–water partition coefficient (Wildman–Crippen LogP) is 2.66. The fourth-order valence-corrected chi connectivity index (χ4v) is 3.58. The van der Waals surface area contributed by atoms with Crippen LogP contribution in [0.3, 0.4) is 0 Å². The summed E-state index contributed by atoms with van der Waals surface area (Å²) in [6, 6.07) is 1.50. The first-order chi connectivity index (χ1) is 9.11. The van der Waals surface area contributed by atoms with Crippen LogP contribution < -0.4 is 5.32 Å². The molecule has 0 radical (unpaired) electrons. The van der Waals surface area contributed by atoms with Crippen LogP contribution in [-0.2, 0) is 4.74 Å². The maximum atomic E-state index is 5.31. The van der Waals surface area contributed by atoms with Gasteiger partial charge in [-0.3, -0.25) is 4.90 Å². The second-order valence-corrected chi connectivity index (χ2v) is 7.18. The van der Waals surface area contributed by atoms with Crippen LogP contribution in [0.15, 0.2) is 0 Å². The summed E-state index contributed by atoms with van der Waals surface area (Å²) in [5.41, 5.74) is 0.565. The first-order valence-corrected chi connectivity index (χ1v) is 8.07. The zero-order valence-corrected chi connectivity index (χ0v) is 13.1. The first-order valence-electron chi connectivity index (χ1n) is 8.07. The standard InChI is InChI=1S/C16H32N2O/c1-16(2)8-6-15(7-9-16)18(11-12-19-3)13-14-5-4-10-17-14/h14-15,17H,4-13H2,1-3H3. The molecule has 0 aromatic heterocycles. The van der Waals surface area contributed by atoms with E-state index < -0.39 is 0 Å². The number of nitrogens with one attached hydrogen (secondary N) is 1. The number of ether oxygens (including phenoxy) is 1. The molecule has 112 valence electrons. The molecule has 1 heterocycles. The lowest BCUT2D eigenvalue weighted by molar-refractivity contribution is 0.0716. The van der Waals surface area contributed by atoms with Gasteiger partial charge in [0.1, 0.15) is 0 Å². The zero-order valence-electron chi connectivity index (χ0n) is 13.1. The van der Waals surface area contributed by atoms with E-state index in [-0.39, 0.29) is 0 Å². The lowest BCUT2D eigenvalue weighted by Crippen LogP contribution is -2.46. The van der Waals surface area contributed by atoms with E-state index in [9.17, 15) is 0 Å². The van der Waals surface area contributed by atoms with Crippen LogP contribution in [0.2, 0.25) is 0 Å². The van der Waals surface area contributed by atoms with Crippen molar-refractivity contribution in [3.63, 3.8) is 0 Å². The van der Waals surface area contributed by atoms with Gasteiger partial charge < -0.3 is 10.1 Å². The average Bonchev–Trinajstić information content (AvgIpc) is 2.87. The molecule has 2 aliphatic rings. The molecule has 1 aliphatic carbocycles. The van der Waals surface area contributed by atoms with E-state index in [4.69, 9.17) is 4.74 Å². The molecule has 1 unspecified atom stereocenters. The van der Waals surface area contributed by atoms with E-state index >= 15 is 0 Å². The molecule has 1 saturated heterocycles. The van der Waals surface area contributed by atoms with Crippen molar-refractivity contribution in [3.05, 3.63) is 0 Å². The summed E-state index contributed by atoms with van der Waals surface area (Å²) < 4.78 is 5.31. The fourth-order valence-electron chi connectivity index (χ4n) is 3.58. The van der Waals surface area contributed by atoms with Gasteiger partial charge in [0.2, 0.25) is 0 Å². The Bertz CT molecular complexity index is 251. The number of rotatable bonds is 6. The number of hydrogen-bond donors (Lipinski definition) is 1. The highest BCUT2D eigenvalue weighted by atomic mass is 16.5. The molecular weight excluding hydrogens is 236 g/mol. The molecule has 1 N–H and O–H groups in total. The Morgan fingerprint density at radius 2 is 1.95 bits per heavy atom. The van der Waals surface area contributed by atoms with Crippen LogP contribution >= 0.6 is 0 Å². The van der Waals surface area contributed by atoms with Crippen molar-refractivity contribution >= 4 is 0 Å². The second-order valence-electron chi connectivity index (χ2n) is 7.18. The molecule has 2 fully saturated rings. The minimum atomic E-state index is 0.565. The molecule has 0 bridgehead atoms. The molecule has 0 aromatic carbocycles. The Morgan fingerprint density at radius 1 is 1.21 bits per heavy atom. The SMILES string of the molecule is COCCN(CC1CCCN1)C1CCC(C)(C)CC1. The molecule has 19 heavy (non-hydrogen) atoms. The average molecular weight is 268 g/mol. The Morgan fingerprint density at radius 3 is 2.53 bits per heavy atom. The normalized spacial score (nSPS) is 28.1. The van der Waals surface area contributed by atoms with Gasteiger partial charge in [0.05, 0.1) is 6.61 Å². The fraction of sp³-hybridized carbons (Fsp3) is 1.00. The Labute approximate surface area is 119 Å². The quantitative estimate of drug-likeness (QED) is 0.801. The van der Waals surface area contributed by atoms with Gasteiger partial charge in [-0.05, 0) is 50.5 Å². The van der Waals surface area contributed by atoms with E-state index in [1.165, 1.54) is 51.6 Å². The van der Waals surface area contributed by atoms with Crippen LogP contribution in [0.5, 0.6) is 0 Å². The number of hydrogen-bond acceptors (Lipinski definition) is 3. The van der Waals surface area contributed by atoms with Crippen LogP contribution in [0.4, 0.5) is 0 Å². The van der Waals surface area contributed by atoms with Crippen LogP contribution in [0, 0.1) is 5.41 Å². The topological polar surface area (TPSA) is 24.5 Å². The molecule has 1 atom stereocenters. The van der Waals surface area contributed by atoms with E-state index in [2.05, 4.69) is 24.1 Å². The Kier molecular flexibility index (Phi) is 5.67. The number of nitrogens with zero attached hydrogens (tertiary/aromatic N) is 1. The third kappa shape index (κ3) is 4.73. The summed E-state index contributed by atoms with van der Waals surface area (Å²) in [7, 11) is 1.82. The van der Waals surface area contributed by atoms with Gasteiger partial charge in [-0.25, -0.2) is 0 Å². The monoisotopic (exact) mass is 268 g/mol. The van der Waals surface area contributed by atoms with Gasteiger partial charge >= 0.3 is 0 Å². The van der Waals surface area contributed by atoms with Gasteiger partial charge in [0.15, 0.2) is 0 Å². The second kappa shape index (κ2) is 7.05. The zero-order chi connectivity index (χ0) is 13.7. The highest BCUT2D eigenvalue weighted by molar-refractivity contribution is 4.87. The van der Waals surface area contributed by atoms with Gasteiger partial charge in [0, 0.05) is 32.3 Å². The minimum absolute atomic E-state index is 0.565. The van der Waals surface area contributed by atoms with Crippen molar-refractivity contribution in [3.8, 4) is 0 Å². The summed E-state index contributed by atoms with van der Waals surface area (Å²) in [5.74, 6) is 0. The summed E-state index contributed by atoms with van der Waals surface area (Å²) in [4.78, 5) is 2.70. The molecule has 0 amide bonds. The predicted molar refractivity (Wildman–Crippen MR) is 80.5 cm³/mol. The Hall–Kier alpha value is -0.120. The molecule has 3 nitrogen and oxygen atoms in total. The lowest BCUT2D eigenvalue weighted by Gasteiger charge is -2.41. The Balaban J connectivity index is 1.85. The molecular formula is C16H32N2O. The maximum Gasteiger partial charge on any atom is 0.0589 e. The van der Waals surface area contributed by atoms with E-state index in [1.54, 1.807) is 0 Å². The summed E-state index contributed by atoms with van der Waals surface area (Å²) in [5, 5.41) is 3.64. The molecule has 1 aliphatic heterocycles. The van der Waals surface area contributed by atoms with Crippen LogP contribution in [-0.4, -0.2) is 50.3 Å². The largest absolute Gasteiger partial charge is 0.383 e. The van der Waals surface area contributed by atoms with Crippen molar-refractivity contribution in [1.29, 1.82) is 0 Å². The molecule has 1 saturated carbocycles. The van der Waals surface area contributed by atoms with Gasteiger partial charge in [0.25, 0.3) is 0 Å². The van der Waals surface area contributed by atoms with Crippen molar-refractivity contribution in [2.45, 2.75) is 64.5 Å². The van der Waals surface area contributed by atoms with Crippen LogP contribution in [0.1, 0.15) is 52.4 Å². The van der Waals surface area contributed by atoms with Gasteiger partial charge in [-0.1, -0.05) is 13.8 Å². The molecule has 0 spiro atoms. The van der Waals surface area contributed by atoms with Crippen molar-refractivity contribution < 1.29 is 4.74 Å². The molecule has 0 aromatic rings. The smallest absolute Gasteiger partial charge is 0.0589 e.